The van der Waals surface area contributed by atoms with Gasteiger partial charge in [-0.3, -0.25) is 9.69 Å². The van der Waals surface area contributed by atoms with E-state index in [1.807, 2.05) is 36.1 Å². The summed E-state index contributed by atoms with van der Waals surface area (Å²) in [6, 6.07) is 10.0. The number of morpholine rings is 1. The molecule has 196 valence electrons. The van der Waals surface area contributed by atoms with Crippen LogP contribution >= 0.6 is 0 Å². The first-order chi connectivity index (χ1) is 18.5. The van der Waals surface area contributed by atoms with Crippen LogP contribution < -0.4 is 0 Å². The number of carbonyl (C=O) groups is 2. The summed E-state index contributed by atoms with van der Waals surface area (Å²) in [5, 5.41) is 11.3. The molecule has 3 aliphatic heterocycles. The van der Waals surface area contributed by atoms with E-state index < -0.39 is 0 Å². The van der Waals surface area contributed by atoms with Crippen LogP contribution in [-0.2, 0) is 27.1 Å². The number of piperazine rings is 1. The minimum absolute atomic E-state index is 0.0470. The summed E-state index contributed by atoms with van der Waals surface area (Å²) < 4.78 is 13.2. The number of esters is 1. The molecule has 0 saturated carbocycles. The highest BCUT2D eigenvalue weighted by atomic mass is 16.5. The van der Waals surface area contributed by atoms with Crippen molar-refractivity contribution < 1.29 is 19.1 Å². The molecule has 0 N–H and O–H groups in total. The zero-order chi connectivity index (χ0) is 25.8. The summed E-state index contributed by atoms with van der Waals surface area (Å²) in [7, 11) is 0. The standard InChI is InChI=1S/C27H29N7O4/c1-16-10-18-11-17(2-3-20(18)27(36)38-16)24-13-32-8-9-33(12-19(32)14-37-24)26(35)22-4-6-23-21(22)5-7-25(29-23)34-15-28-30-31-34/h2-3,5,7,11,15-16,19,22,24H,4,6,8-10,12-14H2,1H3/t16-,19+,22?,24+/m0/s1. The molecule has 2 aromatic heterocycles. The van der Waals surface area contributed by atoms with Crippen molar-refractivity contribution in [1.82, 2.24) is 35.0 Å². The second kappa shape index (κ2) is 9.25. The lowest BCUT2D eigenvalue weighted by atomic mass is 9.94. The van der Waals surface area contributed by atoms with E-state index in [9.17, 15) is 9.59 Å². The molecule has 11 heteroatoms. The molecule has 2 fully saturated rings. The van der Waals surface area contributed by atoms with Gasteiger partial charge >= 0.3 is 5.97 Å². The van der Waals surface area contributed by atoms with Gasteiger partial charge in [0.25, 0.3) is 0 Å². The molecule has 38 heavy (non-hydrogen) atoms. The lowest BCUT2D eigenvalue weighted by molar-refractivity contribution is -0.141. The lowest BCUT2D eigenvalue weighted by Gasteiger charge is -2.46. The van der Waals surface area contributed by atoms with Gasteiger partial charge < -0.3 is 14.4 Å². The van der Waals surface area contributed by atoms with Crippen LogP contribution in [-0.4, -0.2) is 91.8 Å². The molecular weight excluding hydrogens is 486 g/mol. The van der Waals surface area contributed by atoms with Crippen molar-refractivity contribution in [3.63, 3.8) is 0 Å². The van der Waals surface area contributed by atoms with Crippen molar-refractivity contribution >= 4 is 11.9 Å². The minimum atomic E-state index is -0.246. The third-order valence-electron chi connectivity index (χ3n) is 8.26. The van der Waals surface area contributed by atoms with Gasteiger partial charge in [-0.25, -0.2) is 9.78 Å². The molecule has 3 aromatic rings. The lowest BCUT2D eigenvalue weighted by Crippen LogP contribution is -2.60. The van der Waals surface area contributed by atoms with Crippen molar-refractivity contribution in [2.75, 3.05) is 32.8 Å². The Labute approximate surface area is 219 Å². The predicted octanol–water partition coefficient (Wildman–Crippen LogP) is 1.47. The van der Waals surface area contributed by atoms with Gasteiger partial charge in [0.1, 0.15) is 12.4 Å². The molecule has 1 aromatic carbocycles. The van der Waals surface area contributed by atoms with Crippen molar-refractivity contribution in [2.45, 2.75) is 50.4 Å². The first kappa shape index (κ1) is 23.4. The zero-order valence-electron chi connectivity index (χ0n) is 21.2. The molecule has 7 rings (SSSR count). The third kappa shape index (κ3) is 4.06. The number of pyridine rings is 1. The van der Waals surface area contributed by atoms with E-state index >= 15 is 0 Å². The van der Waals surface area contributed by atoms with Gasteiger partial charge in [-0.2, -0.15) is 4.68 Å². The van der Waals surface area contributed by atoms with Crippen LogP contribution in [0.1, 0.15) is 58.1 Å². The molecule has 0 spiro atoms. The van der Waals surface area contributed by atoms with E-state index in [1.54, 1.807) is 0 Å². The summed E-state index contributed by atoms with van der Waals surface area (Å²) in [5.41, 5.74) is 4.75. The molecule has 4 aliphatic rings. The van der Waals surface area contributed by atoms with Gasteiger partial charge in [0.2, 0.25) is 5.91 Å². The maximum atomic E-state index is 13.6. The average molecular weight is 516 g/mol. The Morgan fingerprint density at radius 1 is 1.13 bits per heavy atom. The zero-order valence-corrected chi connectivity index (χ0v) is 21.2. The fourth-order valence-electron chi connectivity index (χ4n) is 6.29. The number of carbonyl (C=O) groups excluding carboxylic acids is 2. The second-order valence-corrected chi connectivity index (χ2v) is 10.6. The average Bonchev–Trinajstić information content (AvgIpc) is 3.62. The summed E-state index contributed by atoms with van der Waals surface area (Å²) in [4.78, 5) is 34.9. The Kier molecular flexibility index (Phi) is 5.70. The van der Waals surface area contributed by atoms with Gasteiger partial charge in [-0.15, -0.1) is 5.10 Å². The van der Waals surface area contributed by atoms with Crippen LogP contribution in [0, 0.1) is 0 Å². The number of nitrogens with zero attached hydrogens (tertiary/aromatic N) is 7. The summed E-state index contributed by atoms with van der Waals surface area (Å²) >= 11 is 0. The highest BCUT2D eigenvalue weighted by molar-refractivity contribution is 5.92. The Morgan fingerprint density at radius 3 is 2.92 bits per heavy atom. The largest absolute Gasteiger partial charge is 0.459 e. The number of aromatic nitrogens is 5. The quantitative estimate of drug-likeness (QED) is 0.478. The first-order valence-electron chi connectivity index (χ1n) is 13.2. The van der Waals surface area contributed by atoms with E-state index in [2.05, 4.69) is 26.5 Å². The molecule has 1 unspecified atom stereocenters. The molecule has 0 bridgehead atoms. The number of aryl methyl sites for hydroxylation is 1. The van der Waals surface area contributed by atoms with E-state index in [0.717, 1.165) is 54.7 Å². The molecule has 1 amide bonds. The van der Waals surface area contributed by atoms with Gasteiger partial charge in [0.05, 0.1) is 30.2 Å². The van der Waals surface area contributed by atoms with E-state index in [0.29, 0.717) is 31.1 Å². The number of cyclic esters (lactones) is 1. The number of amides is 1. The number of rotatable bonds is 3. The first-order valence-corrected chi connectivity index (χ1v) is 13.2. The van der Waals surface area contributed by atoms with Crippen molar-refractivity contribution in [2.24, 2.45) is 0 Å². The number of benzene rings is 1. The van der Waals surface area contributed by atoms with Crippen molar-refractivity contribution in [1.29, 1.82) is 0 Å². The topological polar surface area (TPSA) is 116 Å². The van der Waals surface area contributed by atoms with Gasteiger partial charge in [-0.05, 0) is 59.0 Å². The van der Waals surface area contributed by atoms with Crippen LogP contribution in [0.4, 0.5) is 0 Å². The fourth-order valence-corrected chi connectivity index (χ4v) is 6.29. The number of hydrogen-bond donors (Lipinski definition) is 0. The summed E-state index contributed by atoms with van der Waals surface area (Å²) in [6.45, 7) is 5.47. The van der Waals surface area contributed by atoms with Crippen LogP contribution in [0.25, 0.3) is 5.82 Å². The van der Waals surface area contributed by atoms with E-state index in [4.69, 9.17) is 14.5 Å². The third-order valence-corrected chi connectivity index (χ3v) is 8.26. The number of hydrogen-bond acceptors (Lipinski definition) is 9. The number of tetrazole rings is 1. The smallest absolute Gasteiger partial charge is 0.338 e. The van der Waals surface area contributed by atoms with Gasteiger partial charge in [-0.1, -0.05) is 18.2 Å². The van der Waals surface area contributed by atoms with Gasteiger partial charge in [0, 0.05) is 38.3 Å². The predicted molar refractivity (Wildman–Crippen MR) is 134 cm³/mol. The molecule has 5 heterocycles. The Bertz CT molecular complexity index is 1390. The molecule has 2 saturated heterocycles. The molecular formula is C27H29N7O4. The molecule has 11 nitrogen and oxygen atoms in total. The second-order valence-electron chi connectivity index (χ2n) is 10.6. The SMILES string of the molecule is C[C@H]1Cc2cc([C@H]3CN4CCN(C(=O)C5CCc6nc(-n7cnnn7)ccc65)C[C@@H]4CO3)ccc2C(=O)O1. The van der Waals surface area contributed by atoms with Gasteiger partial charge in [0.15, 0.2) is 5.82 Å². The van der Waals surface area contributed by atoms with Crippen molar-refractivity contribution in [3.8, 4) is 5.82 Å². The highest BCUT2D eigenvalue weighted by Gasteiger charge is 2.39. The van der Waals surface area contributed by atoms with E-state index in [-0.39, 0.29) is 36.0 Å². The molecule has 4 atom stereocenters. The van der Waals surface area contributed by atoms with Crippen LogP contribution in [0.15, 0.2) is 36.7 Å². The van der Waals surface area contributed by atoms with Crippen molar-refractivity contribution in [3.05, 3.63) is 64.6 Å². The molecule has 0 radical (unpaired) electrons. The monoisotopic (exact) mass is 515 g/mol. The fraction of sp³-hybridized carbons (Fsp3) is 0.481. The Morgan fingerprint density at radius 2 is 2.05 bits per heavy atom. The van der Waals surface area contributed by atoms with Crippen LogP contribution in [0.2, 0.25) is 0 Å². The maximum absolute atomic E-state index is 13.6. The van der Waals surface area contributed by atoms with Crippen LogP contribution in [0.3, 0.4) is 0 Å². The maximum Gasteiger partial charge on any atom is 0.338 e. The Hall–Kier alpha value is -3.70. The number of ether oxygens (including phenoxy) is 2. The normalized spacial score (nSPS) is 26.9. The number of fused-ring (bicyclic) bond motifs is 3. The Balaban J connectivity index is 1.01. The van der Waals surface area contributed by atoms with Crippen LogP contribution in [0.5, 0.6) is 0 Å². The van der Waals surface area contributed by atoms with E-state index in [1.165, 1.54) is 11.0 Å². The highest BCUT2D eigenvalue weighted by Crippen LogP contribution is 2.35. The minimum Gasteiger partial charge on any atom is -0.459 e. The molecule has 1 aliphatic carbocycles. The summed E-state index contributed by atoms with van der Waals surface area (Å²) in [6.07, 6.45) is 3.63. The summed E-state index contributed by atoms with van der Waals surface area (Å²) in [5.74, 6) is 0.439.